The first kappa shape index (κ1) is 15.1. The van der Waals surface area contributed by atoms with Gasteiger partial charge in [-0.2, -0.15) is 0 Å². The van der Waals surface area contributed by atoms with E-state index in [1.54, 1.807) is 11.3 Å². The predicted molar refractivity (Wildman–Crippen MR) is 95.0 cm³/mol. The number of amides is 1. The van der Waals surface area contributed by atoms with Crippen LogP contribution in [0.1, 0.15) is 23.8 Å². The molecule has 0 bridgehead atoms. The molecule has 0 saturated carbocycles. The van der Waals surface area contributed by atoms with E-state index in [0.717, 1.165) is 16.5 Å². The minimum absolute atomic E-state index is 0.0351. The average molecular weight is 338 g/mol. The Bertz CT molecular complexity index is 876. The zero-order valence-electron chi connectivity index (χ0n) is 13.4. The molecule has 0 unspecified atom stereocenters. The highest BCUT2D eigenvalue weighted by atomic mass is 32.1. The molecule has 1 aliphatic heterocycles. The fourth-order valence-corrected chi connectivity index (χ4v) is 3.73. The number of fused-ring (bicyclic) bond motifs is 2. The molecular weight excluding hydrogens is 320 g/mol. The molecule has 4 nitrogen and oxygen atoms in total. The topological polar surface area (TPSA) is 42.4 Å². The molecule has 0 radical (unpaired) electrons. The summed E-state index contributed by atoms with van der Waals surface area (Å²) in [5, 5.41) is 3.10. The fraction of sp³-hybridized carbons (Fsp3) is 0.263. The van der Waals surface area contributed by atoms with Gasteiger partial charge in [-0.05, 0) is 30.0 Å². The third kappa shape index (κ3) is 2.76. The normalized spacial score (nSPS) is 17.5. The minimum Gasteiger partial charge on any atom is -0.464 e. The number of hydrogen-bond acceptors (Lipinski definition) is 4. The summed E-state index contributed by atoms with van der Waals surface area (Å²) in [6.07, 6.45) is 0.160. The molecule has 0 saturated heterocycles. The van der Waals surface area contributed by atoms with Gasteiger partial charge < -0.3 is 9.64 Å². The average Bonchev–Trinajstić information content (AvgIpc) is 3.07. The van der Waals surface area contributed by atoms with Crippen molar-refractivity contribution in [1.82, 2.24) is 9.88 Å². The SMILES string of the molecule is CC[C@@H]1Oc2nc3ccccc3cc2CN(Cc2cccs2)C1=O. The van der Waals surface area contributed by atoms with Crippen molar-refractivity contribution in [3.05, 3.63) is 58.3 Å². The second kappa shape index (κ2) is 6.24. The number of rotatable bonds is 3. The number of thiophene rings is 1. The molecule has 0 N–H and O–H groups in total. The Morgan fingerprint density at radius 2 is 2.17 bits per heavy atom. The van der Waals surface area contributed by atoms with Gasteiger partial charge in [-0.25, -0.2) is 4.98 Å². The molecule has 3 heterocycles. The Hall–Kier alpha value is -2.40. The standard InChI is InChI=1S/C19H18N2O2S/c1-2-17-19(22)21(12-15-7-5-9-24-15)11-14-10-13-6-3-4-8-16(13)20-18(14)23-17/h3-10,17H,2,11-12H2,1H3/t17-/m0/s1. The maximum atomic E-state index is 12.8. The summed E-state index contributed by atoms with van der Waals surface area (Å²) in [6, 6.07) is 14.1. The van der Waals surface area contributed by atoms with Crippen LogP contribution in [0, 0.1) is 0 Å². The molecule has 1 amide bonds. The summed E-state index contributed by atoms with van der Waals surface area (Å²) in [6.45, 7) is 3.11. The highest BCUT2D eigenvalue weighted by molar-refractivity contribution is 7.09. The van der Waals surface area contributed by atoms with Crippen LogP contribution in [0.4, 0.5) is 0 Å². The van der Waals surface area contributed by atoms with Crippen LogP contribution in [-0.4, -0.2) is 21.9 Å². The molecule has 0 spiro atoms. The second-order valence-electron chi connectivity index (χ2n) is 5.93. The number of pyridine rings is 1. The molecule has 4 rings (SSSR count). The number of nitrogens with zero attached hydrogens (tertiary/aromatic N) is 2. The van der Waals surface area contributed by atoms with Crippen molar-refractivity contribution in [3.8, 4) is 5.88 Å². The van der Waals surface area contributed by atoms with Gasteiger partial charge in [-0.3, -0.25) is 4.79 Å². The van der Waals surface area contributed by atoms with Gasteiger partial charge in [0.05, 0.1) is 18.6 Å². The van der Waals surface area contributed by atoms with Gasteiger partial charge in [0.1, 0.15) is 0 Å². The number of carbonyl (C=O) groups excluding carboxylic acids is 1. The van der Waals surface area contributed by atoms with Gasteiger partial charge in [0.2, 0.25) is 5.88 Å². The lowest BCUT2D eigenvalue weighted by atomic mass is 10.1. The number of benzene rings is 1. The summed E-state index contributed by atoms with van der Waals surface area (Å²) in [5.41, 5.74) is 1.86. The Balaban J connectivity index is 1.75. The molecule has 1 atom stereocenters. The first-order chi connectivity index (χ1) is 11.7. The fourth-order valence-electron chi connectivity index (χ4n) is 3.01. The van der Waals surface area contributed by atoms with E-state index in [1.807, 2.05) is 47.5 Å². The first-order valence-electron chi connectivity index (χ1n) is 8.11. The lowest BCUT2D eigenvalue weighted by molar-refractivity contribution is -0.139. The van der Waals surface area contributed by atoms with Gasteiger partial charge >= 0.3 is 0 Å². The van der Waals surface area contributed by atoms with E-state index in [0.29, 0.717) is 25.4 Å². The van der Waals surface area contributed by atoms with Crippen LogP contribution >= 0.6 is 11.3 Å². The molecule has 1 aromatic carbocycles. The molecule has 122 valence electrons. The largest absolute Gasteiger partial charge is 0.464 e. The number of hydrogen-bond donors (Lipinski definition) is 0. The van der Waals surface area contributed by atoms with Gasteiger partial charge in [0, 0.05) is 15.8 Å². The molecule has 0 aliphatic carbocycles. The third-order valence-corrected chi connectivity index (χ3v) is 5.12. The summed E-state index contributed by atoms with van der Waals surface area (Å²) in [5.74, 6) is 0.621. The smallest absolute Gasteiger partial charge is 0.264 e. The zero-order valence-corrected chi connectivity index (χ0v) is 14.3. The predicted octanol–water partition coefficient (Wildman–Crippen LogP) is 4.00. The van der Waals surface area contributed by atoms with Crippen LogP contribution in [0.3, 0.4) is 0 Å². The summed E-state index contributed by atoms with van der Waals surface area (Å²) < 4.78 is 5.98. The highest BCUT2D eigenvalue weighted by Gasteiger charge is 2.31. The zero-order chi connectivity index (χ0) is 16.5. The van der Waals surface area contributed by atoms with Crippen molar-refractivity contribution >= 4 is 28.1 Å². The summed E-state index contributed by atoms with van der Waals surface area (Å²) >= 11 is 1.67. The van der Waals surface area contributed by atoms with E-state index >= 15 is 0 Å². The van der Waals surface area contributed by atoms with E-state index in [-0.39, 0.29) is 5.91 Å². The van der Waals surface area contributed by atoms with Gasteiger partial charge in [0.15, 0.2) is 6.10 Å². The van der Waals surface area contributed by atoms with Crippen LogP contribution in [0.25, 0.3) is 10.9 Å². The lowest BCUT2D eigenvalue weighted by Crippen LogP contribution is -2.38. The quantitative estimate of drug-likeness (QED) is 0.725. The maximum Gasteiger partial charge on any atom is 0.264 e. The molecule has 1 aliphatic rings. The van der Waals surface area contributed by atoms with Crippen LogP contribution in [0.5, 0.6) is 5.88 Å². The molecule has 5 heteroatoms. The Labute approximate surface area is 144 Å². The lowest BCUT2D eigenvalue weighted by Gasteiger charge is -2.22. The third-order valence-electron chi connectivity index (χ3n) is 4.26. The monoisotopic (exact) mass is 338 g/mol. The van der Waals surface area contributed by atoms with Crippen molar-refractivity contribution in [1.29, 1.82) is 0 Å². The Morgan fingerprint density at radius 3 is 2.96 bits per heavy atom. The summed E-state index contributed by atoms with van der Waals surface area (Å²) in [4.78, 5) is 20.5. The van der Waals surface area contributed by atoms with Crippen LogP contribution < -0.4 is 4.74 Å². The van der Waals surface area contributed by atoms with E-state index < -0.39 is 6.10 Å². The van der Waals surface area contributed by atoms with Crippen LogP contribution in [0.15, 0.2) is 47.8 Å². The van der Waals surface area contributed by atoms with Gasteiger partial charge in [-0.15, -0.1) is 11.3 Å². The number of carbonyl (C=O) groups is 1. The van der Waals surface area contributed by atoms with Gasteiger partial charge in [0.25, 0.3) is 5.91 Å². The van der Waals surface area contributed by atoms with Crippen molar-refractivity contribution in [3.63, 3.8) is 0 Å². The molecule has 2 aromatic heterocycles. The van der Waals surface area contributed by atoms with E-state index in [9.17, 15) is 4.79 Å². The number of ether oxygens (including phenoxy) is 1. The Kier molecular flexibility index (Phi) is 3.94. The van der Waals surface area contributed by atoms with Crippen LogP contribution in [0.2, 0.25) is 0 Å². The van der Waals surface area contributed by atoms with Gasteiger partial charge in [-0.1, -0.05) is 31.2 Å². The van der Waals surface area contributed by atoms with Crippen molar-refractivity contribution in [2.75, 3.05) is 0 Å². The Morgan fingerprint density at radius 1 is 1.29 bits per heavy atom. The second-order valence-corrected chi connectivity index (χ2v) is 6.97. The van der Waals surface area contributed by atoms with E-state index in [2.05, 4.69) is 17.1 Å². The van der Waals surface area contributed by atoms with Crippen molar-refractivity contribution in [2.45, 2.75) is 32.5 Å². The highest BCUT2D eigenvalue weighted by Crippen LogP contribution is 2.29. The molecular formula is C19H18N2O2S. The number of para-hydroxylation sites is 1. The van der Waals surface area contributed by atoms with E-state index in [4.69, 9.17) is 4.74 Å². The van der Waals surface area contributed by atoms with Crippen molar-refractivity contribution < 1.29 is 9.53 Å². The van der Waals surface area contributed by atoms with Crippen LogP contribution in [-0.2, 0) is 17.9 Å². The van der Waals surface area contributed by atoms with E-state index in [1.165, 1.54) is 4.88 Å². The number of aromatic nitrogens is 1. The molecule has 24 heavy (non-hydrogen) atoms. The minimum atomic E-state index is -0.472. The molecule has 3 aromatic rings. The van der Waals surface area contributed by atoms with Crippen molar-refractivity contribution in [2.24, 2.45) is 0 Å². The maximum absolute atomic E-state index is 12.8. The first-order valence-corrected chi connectivity index (χ1v) is 8.99. The summed E-state index contributed by atoms with van der Waals surface area (Å²) in [7, 11) is 0. The molecule has 0 fully saturated rings.